The van der Waals surface area contributed by atoms with E-state index < -0.39 is 12.1 Å². The number of aromatic nitrogens is 1. The number of esters is 1. The molecule has 1 amide bonds. The summed E-state index contributed by atoms with van der Waals surface area (Å²) in [6, 6.07) is 6.75. The maximum atomic E-state index is 12.2. The van der Waals surface area contributed by atoms with Crippen molar-refractivity contribution in [3.63, 3.8) is 0 Å². The topological polar surface area (TPSA) is 81.4 Å². The fourth-order valence-electron chi connectivity index (χ4n) is 2.24. The minimum Gasteiger partial charge on any atom is -0.454 e. The Morgan fingerprint density at radius 3 is 2.48 bits per heavy atom. The van der Waals surface area contributed by atoms with Crippen LogP contribution in [0.5, 0.6) is 0 Å². The Morgan fingerprint density at radius 2 is 1.91 bits per heavy atom. The zero-order valence-electron chi connectivity index (χ0n) is 13.0. The van der Waals surface area contributed by atoms with Crippen molar-refractivity contribution in [2.75, 3.05) is 0 Å². The number of rotatable bonds is 5. The van der Waals surface area contributed by atoms with Crippen molar-refractivity contribution in [2.24, 2.45) is 0 Å². The van der Waals surface area contributed by atoms with Crippen LogP contribution < -0.4 is 5.32 Å². The summed E-state index contributed by atoms with van der Waals surface area (Å²) in [4.78, 5) is 24.1. The van der Waals surface area contributed by atoms with E-state index in [2.05, 4.69) is 10.5 Å². The highest BCUT2D eigenvalue weighted by Crippen LogP contribution is 2.22. The van der Waals surface area contributed by atoms with Gasteiger partial charge in [0.2, 0.25) is 0 Å². The van der Waals surface area contributed by atoms with Gasteiger partial charge in [-0.05, 0) is 51.0 Å². The molecule has 2 aromatic rings. The van der Waals surface area contributed by atoms with Gasteiger partial charge in [0.05, 0.1) is 17.3 Å². The number of carbonyl (C=O) groups is 2. The highest BCUT2D eigenvalue weighted by molar-refractivity contribution is 5.96. The van der Waals surface area contributed by atoms with Crippen molar-refractivity contribution in [3.05, 3.63) is 52.9 Å². The lowest BCUT2D eigenvalue weighted by Gasteiger charge is -2.12. The van der Waals surface area contributed by atoms with E-state index in [1.54, 1.807) is 44.3 Å². The lowest BCUT2D eigenvalue weighted by molar-refractivity contribution is 0.0335. The molecule has 23 heavy (non-hydrogen) atoms. The number of aryl methyl sites for hydroxylation is 1. The van der Waals surface area contributed by atoms with Gasteiger partial charge in [0.25, 0.3) is 5.91 Å². The number of benzene rings is 1. The van der Waals surface area contributed by atoms with E-state index in [1.165, 1.54) is 0 Å². The molecular formula is C17H18N2O4. The van der Waals surface area contributed by atoms with E-state index in [-0.39, 0.29) is 5.91 Å². The molecule has 3 rings (SSSR count). The fourth-order valence-corrected chi connectivity index (χ4v) is 2.24. The van der Waals surface area contributed by atoms with Crippen molar-refractivity contribution in [1.29, 1.82) is 0 Å². The minimum absolute atomic E-state index is 0.110. The molecule has 0 saturated heterocycles. The molecule has 6 heteroatoms. The lowest BCUT2D eigenvalue weighted by atomic mass is 10.1. The van der Waals surface area contributed by atoms with Crippen LogP contribution in [0.2, 0.25) is 0 Å². The molecule has 1 heterocycles. The van der Waals surface area contributed by atoms with Gasteiger partial charge in [0.1, 0.15) is 11.9 Å². The number of nitrogens with one attached hydrogen (secondary N) is 1. The molecule has 6 nitrogen and oxygen atoms in total. The van der Waals surface area contributed by atoms with Gasteiger partial charge in [-0.3, -0.25) is 4.79 Å². The van der Waals surface area contributed by atoms with Crippen molar-refractivity contribution in [3.8, 4) is 0 Å². The molecule has 0 spiro atoms. The molecule has 1 fully saturated rings. The molecule has 1 aromatic carbocycles. The summed E-state index contributed by atoms with van der Waals surface area (Å²) in [6.45, 7) is 3.52. The van der Waals surface area contributed by atoms with Crippen molar-refractivity contribution < 1.29 is 18.8 Å². The second-order valence-electron chi connectivity index (χ2n) is 5.71. The molecule has 120 valence electrons. The molecule has 1 aromatic heterocycles. The third kappa shape index (κ3) is 3.59. The molecule has 0 radical (unpaired) electrons. The Morgan fingerprint density at radius 1 is 1.26 bits per heavy atom. The van der Waals surface area contributed by atoms with Crippen molar-refractivity contribution in [1.82, 2.24) is 10.5 Å². The number of amides is 1. The molecule has 1 atom stereocenters. The quantitative estimate of drug-likeness (QED) is 0.858. The minimum atomic E-state index is -0.452. The Kier molecular flexibility index (Phi) is 4.14. The highest BCUT2D eigenvalue weighted by atomic mass is 16.5. The molecule has 0 unspecified atom stereocenters. The first-order chi connectivity index (χ1) is 11.0. The molecule has 0 bridgehead atoms. The van der Waals surface area contributed by atoms with Crippen LogP contribution in [0, 0.1) is 6.92 Å². The number of hydrogen-bond donors (Lipinski definition) is 1. The van der Waals surface area contributed by atoms with Crippen LogP contribution in [-0.4, -0.2) is 23.1 Å². The Balaban J connectivity index is 1.63. The fraction of sp³-hybridized carbons (Fsp3) is 0.353. The van der Waals surface area contributed by atoms with Crippen LogP contribution >= 0.6 is 0 Å². The summed E-state index contributed by atoms with van der Waals surface area (Å²) < 4.78 is 10.4. The van der Waals surface area contributed by atoms with E-state index in [0.29, 0.717) is 22.9 Å². The summed E-state index contributed by atoms with van der Waals surface area (Å²) >= 11 is 0. The lowest BCUT2D eigenvalue weighted by Crippen LogP contribution is -2.25. The largest absolute Gasteiger partial charge is 0.454 e. The van der Waals surface area contributed by atoms with Gasteiger partial charge in [-0.25, -0.2) is 4.79 Å². The van der Waals surface area contributed by atoms with Gasteiger partial charge in [-0.2, -0.15) is 0 Å². The monoisotopic (exact) mass is 314 g/mol. The molecule has 1 N–H and O–H groups in total. The predicted molar refractivity (Wildman–Crippen MR) is 82.0 cm³/mol. The predicted octanol–water partition coefficient (Wildman–Crippen LogP) is 2.79. The molecule has 1 aliphatic carbocycles. The van der Waals surface area contributed by atoms with Gasteiger partial charge in [0, 0.05) is 11.6 Å². The number of ether oxygens (including phenoxy) is 1. The summed E-state index contributed by atoms with van der Waals surface area (Å²) in [5.74, 6) is 0.0607. The summed E-state index contributed by atoms with van der Waals surface area (Å²) in [6.07, 6.45) is 3.16. The van der Waals surface area contributed by atoms with Crippen molar-refractivity contribution >= 4 is 11.9 Å². The van der Waals surface area contributed by atoms with Gasteiger partial charge in [-0.15, -0.1) is 0 Å². The third-order valence-corrected chi connectivity index (χ3v) is 3.81. The zero-order chi connectivity index (χ0) is 16.4. The standard InChI is InChI=1S/C17H18N2O4/c1-10(15-9-18-23-11(15)2)22-17(21)13-5-3-12(4-6-13)16(20)19-14-7-8-14/h3-6,9-10,14H,7-8H2,1-2H3,(H,19,20)/t10-/m0/s1. The van der Waals surface area contributed by atoms with Crippen LogP contribution in [-0.2, 0) is 4.74 Å². The number of nitrogens with zero attached hydrogens (tertiary/aromatic N) is 1. The van der Waals surface area contributed by atoms with Gasteiger partial charge < -0.3 is 14.6 Å². The Hall–Kier alpha value is -2.63. The Labute approximate surface area is 133 Å². The zero-order valence-corrected chi connectivity index (χ0v) is 13.0. The van der Waals surface area contributed by atoms with Crippen LogP contribution in [0.15, 0.2) is 35.0 Å². The average Bonchev–Trinajstić information content (AvgIpc) is 3.25. The number of carbonyl (C=O) groups excluding carboxylic acids is 2. The van der Waals surface area contributed by atoms with Gasteiger partial charge >= 0.3 is 5.97 Å². The van der Waals surface area contributed by atoms with E-state index in [0.717, 1.165) is 18.4 Å². The average molecular weight is 314 g/mol. The summed E-state index contributed by atoms with van der Waals surface area (Å²) in [5.41, 5.74) is 1.67. The maximum absolute atomic E-state index is 12.2. The van der Waals surface area contributed by atoms with E-state index in [4.69, 9.17) is 9.26 Å². The molecular weight excluding hydrogens is 296 g/mol. The molecule has 0 aliphatic heterocycles. The smallest absolute Gasteiger partial charge is 0.338 e. The van der Waals surface area contributed by atoms with Crippen LogP contribution in [0.4, 0.5) is 0 Å². The first kappa shape index (κ1) is 15.3. The van der Waals surface area contributed by atoms with E-state index in [9.17, 15) is 9.59 Å². The highest BCUT2D eigenvalue weighted by Gasteiger charge is 2.24. The van der Waals surface area contributed by atoms with Crippen LogP contribution in [0.3, 0.4) is 0 Å². The SMILES string of the molecule is Cc1oncc1[C@H](C)OC(=O)c1ccc(C(=O)NC2CC2)cc1. The normalized spacial score (nSPS) is 15.0. The first-order valence-electron chi connectivity index (χ1n) is 7.57. The Bertz CT molecular complexity index is 716. The van der Waals surface area contributed by atoms with E-state index in [1.807, 2.05) is 0 Å². The van der Waals surface area contributed by atoms with Gasteiger partial charge in [0.15, 0.2) is 0 Å². The summed E-state index contributed by atoms with van der Waals surface area (Å²) in [7, 11) is 0. The maximum Gasteiger partial charge on any atom is 0.338 e. The van der Waals surface area contributed by atoms with Crippen LogP contribution in [0.25, 0.3) is 0 Å². The molecule has 1 saturated carbocycles. The van der Waals surface area contributed by atoms with E-state index >= 15 is 0 Å². The first-order valence-corrected chi connectivity index (χ1v) is 7.57. The number of hydrogen-bond acceptors (Lipinski definition) is 5. The second-order valence-corrected chi connectivity index (χ2v) is 5.71. The second kappa shape index (κ2) is 6.24. The van der Waals surface area contributed by atoms with Crippen LogP contribution in [0.1, 0.15) is 57.9 Å². The van der Waals surface area contributed by atoms with Crippen molar-refractivity contribution in [2.45, 2.75) is 38.8 Å². The third-order valence-electron chi connectivity index (χ3n) is 3.81. The van der Waals surface area contributed by atoms with Gasteiger partial charge in [-0.1, -0.05) is 5.16 Å². The molecule has 1 aliphatic rings. The summed E-state index contributed by atoms with van der Waals surface area (Å²) in [5, 5.41) is 6.58.